The molecule has 26 heavy (non-hydrogen) atoms. The number of ether oxygens (including phenoxy) is 1. The number of carbonyl (C=O) groups is 1. The number of aromatic nitrogens is 1. The van der Waals surface area contributed by atoms with Gasteiger partial charge < -0.3 is 19.7 Å². The summed E-state index contributed by atoms with van der Waals surface area (Å²) in [6, 6.07) is 12.8. The van der Waals surface area contributed by atoms with Gasteiger partial charge in [-0.1, -0.05) is 23.3 Å². The van der Waals surface area contributed by atoms with Gasteiger partial charge in [-0.05, 0) is 38.1 Å². The van der Waals surface area contributed by atoms with E-state index >= 15 is 0 Å². The van der Waals surface area contributed by atoms with Gasteiger partial charge in [-0.3, -0.25) is 4.79 Å². The van der Waals surface area contributed by atoms with Crippen molar-refractivity contribution in [3.05, 3.63) is 47.5 Å². The molecular weight excluding hydrogens is 328 g/mol. The van der Waals surface area contributed by atoms with Crippen LogP contribution in [0, 0.1) is 13.8 Å². The summed E-state index contributed by atoms with van der Waals surface area (Å²) < 4.78 is 7.64. The van der Waals surface area contributed by atoms with Crippen LogP contribution in [0.5, 0.6) is 0 Å². The Bertz CT molecular complexity index is 871. The molecule has 1 amide bonds. The van der Waals surface area contributed by atoms with Crippen molar-refractivity contribution in [2.45, 2.75) is 33.4 Å². The molecule has 1 atom stereocenters. The standard InChI is InChI=1S/C21H26N2O3/c1-14-4-6-20-18(10-14)19-11-15(2)5-7-21(19)23(20)12-17(25)13-26-9-8-22-16(3)24/h4-7,10-11,17,25H,8-9,12-13H2,1-3H3,(H,22,24). The van der Waals surface area contributed by atoms with Crippen LogP contribution in [0.15, 0.2) is 36.4 Å². The third-order valence-electron chi connectivity index (χ3n) is 4.50. The number of amides is 1. The van der Waals surface area contributed by atoms with Crippen LogP contribution < -0.4 is 5.32 Å². The molecule has 3 rings (SSSR count). The number of hydrogen-bond acceptors (Lipinski definition) is 3. The fourth-order valence-corrected chi connectivity index (χ4v) is 3.31. The van der Waals surface area contributed by atoms with Gasteiger partial charge in [0.2, 0.25) is 5.91 Å². The Balaban J connectivity index is 1.79. The van der Waals surface area contributed by atoms with Gasteiger partial charge >= 0.3 is 0 Å². The highest BCUT2D eigenvalue weighted by Crippen LogP contribution is 2.30. The number of aliphatic hydroxyl groups is 1. The second-order valence-electron chi connectivity index (χ2n) is 6.86. The molecule has 0 aliphatic carbocycles. The van der Waals surface area contributed by atoms with Crippen molar-refractivity contribution in [2.75, 3.05) is 19.8 Å². The molecule has 5 nitrogen and oxygen atoms in total. The second-order valence-corrected chi connectivity index (χ2v) is 6.86. The van der Waals surface area contributed by atoms with E-state index in [2.05, 4.69) is 60.1 Å². The highest BCUT2D eigenvalue weighted by Gasteiger charge is 2.14. The molecule has 138 valence electrons. The minimum atomic E-state index is -0.617. The molecule has 2 N–H and O–H groups in total. The highest BCUT2D eigenvalue weighted by atomic mass is 16.5. The molecule has 0 saturated carbocycles. The van der Waals surface area contributed by atoms with Crippen molar-refractivity contribution in [1.82, 2.24) is 9.88 Å². The first-order valence-corrected chi connectivity index (χ1v) is 8.95. The molecule has 0 spiro atoms. The number of benzene rings is 2. The van der Waals surface area contributed by atoms with Crippen LogP contribution in [0.4, 0.5) is 0 Å². The maximum Gasteiger partial charge on any atom is 0.216 e. The van der Waals surface area contributed by atoms with Crippen LogP contribution in [0.2, 0.25) is 0 Å². The molecule has 0 radical (unpaired) electrons. The van der Waals surface area contributed by atoms with Crippen molar-refractivity contribution in [3.63, 3.8) is 0 Å². The summed E-state index contributed by atoms with van der Waals surface area (Å²) in [6.07, 6.45) is -0.617. The van der Waals surface area contributed by atoms with Crippen molar-refractivity contribution in [1.29, 1.82) is 0 Å². The molecule has 1 aromatic heterocycles. The summed E-state index contributed by atoms with van der Waals surface area (Å²) in [5.41, 5.74) is 4.68. The topological polar surface area (TPSA) is 63.5 Å². The highest BCUT2D eigenvalue weighted by molar-refractivity contribution is 6.08. The Kier molecular flexibility index (Phi) is 5.59. The van der Waals surface area contributed by atoms with E-state index in [1.54, 1.807) is 0 Å². The predicted octanol–water partition coefficient (Wildman–Crippen LogP) is 2.92. The van der Waals surface area contributed by atoms with Gasteiger partial charge in [0.25, 0.3) is 0 Å². The molecule has 5 heteroatoms. The van der Waals surface area contributed by atoms with E-state index in [1.807, 2.05) is 0 Å². The number of nitrogens with zero attached hydrogens (tertiary/aromatic N) is 1. The molecule has 3 aromatic rings. The lowest BCUT2D eigenvalue weighted by Crippen LogP contribution is -2.27. The van der Waals surface area contributed by atoms with E-state index < -0.39 is 6.10 Å². The zero-order valence-electron chi connectivity index (χ0n) is 15.6. The van der Waals surface area contributed by atoms with Crippen LogP contribution in [-0.2, 0) is 16.1 Å². The molecule has 0 aliphatic rings. The summed E-state index contributed by atoms with van der Waals surface area (Å²) in [5.74, 6) is -0.0787. The molecular formula is C21H26N2O3. The number of fused-ring (bicyclic) bond motifs is 3. The first kappa shape index (κ1) is 18.4. The first-order chi connectivity index (χ1) is 12.5. The van der Waals surface area contributed by atoms with E-state index in [9.17, 15) is 9.90 Å². The third-order valence-corrected chi connectivity index (χ3v) is 4.50. The molecule has 0 bridgehead atoms. The van der Waals surface area contributed by atoms with Crippen LogP contribution in [0.25, 0.3) is 21.8 Å². The lowest BCUT2D eigenvalue weighted by atomic mass is 10.1. The summed E-state index contributed by atoms with van der Waals surface area (Å²) in [4.78, 5) is 10.8. The maximum atomic E-state index is 10.8. The monoisotopic (exact) mass is 354 g/mol. The van der Waals surface area contributed by atoms with Crippen molar-refractivity contribution >= 4 is 27.7 Å². The van der Waals surface area contributed by atoms with Crippen molar-refractivity contribution in [2.24, 2.45) is 0 Å². The van der Waals surface area contributed by atoms with E-state index in [1.165, 1.54) is 28.8 Å². The molecule has 1 heterocycles. The Morgan fingerprint density at radius 3 is 2.23 bits per heavy atom. The predicted molar refractivity (Wildman–Crippen MR) is 104 cm³/mol. The van der Waals surface area contributed by atoms with Crippen LogP contribution in [0.3, 0.4) is 0 Å². The SMILES string of the molecule is CC(=O)NCCOCC(O)Cn1c2ccc(C)cc2c2cc(C)ccc21. The van der Waals surface area contributed by atoms with Gasteiger partial charge in [-0.2, -0.15) is 0 Å². The minimum absolute atomic E-state index is 0.0787. The van der Waals surface area contributed by atoms with Crippen LogP contribution >= 0.6 is 0 Å². The van der Waals surface area contributed by atoms with Crippen molar-refractivity contribution < 1.29 is 14.6 Å². The molecule has 1 unspecified atom stereocenters. The van der Waals surface area contributed by atoms with Gasteiger partial charge in [0.1, 0.15) is 0 Å². The summed E-state index contributed by atoms with van der Waals surface area (Å²) >= 11 is 0. The number of nitrogens with one attached hydrogen (secondary N) is 1. The van der Waals surface area contributed by atoms with Crippen molar-refractivity contribution in [3.8, 4) is 0 Å². The van der Waals surface area contributed by atoms with E-state index in [0.29, 0.717) is 19.7 Å². The second kappa shape index (κ2) is 7.89. The number of aryl methyl sites for hydroxylation is 2. The fraction of sp³-hybridized carbons (Fsp3) is 0.381. The average Bonchev–Trinajstić information content (AvgIpc) is 2.87. The molecule has 0 fully saturated rings. The van der Waals surface area contributed by atoms with Gasteiger partial charge in [-0.15, -0.1) is 0 Å². The maximum absolute atomic E-state index is 10.8. The van der Waals surface area contributed by atoms with Crippen LogP contribution in [0.1, 0.15) is 18.1 Å². The lowest BCUT2D eigenvalue weighted by Gasteiger charge is -2.14. The Morgan fingerprint density at radius 2 is 1.69 bits per heavy atom. The Labute approximate surface area is 153 Å². The summed E-state index contributed by atoms with van der Waals surface area (Å²) in [7, 11) is 0. The number of carbonyl (C=O) groups excluding carboxylic acids is 1. The quantitative estimate of drug-likeness (QED) is 0.641. The van der Waals surface area contributed by atoms with E-state index in [4.69, 9.17) is 4.74 Å². The Morgan fingerprint density at radius 1 is 1.12 bits per heavy atom. The summed E-state index contributed by atoms with van der Waals surface area (Å²) in [6.45, 7) is 7.20. The van der Waals surface area contributed by atoms with Gasteiger partial charge in [-0.25, -0.2) is 0 Å². The van der Waals surface area contributed by atoms with E-state index in [-0.39, 0.29) is 12.5 Å². The normalized spacial score (nSPS) is 12.6. The zero-order chi connectivity index (χ0) is 18.7. The third kappa shape index (κ3) is 4.06. The van der Waals surface area contributed by atoms with Crippen LogP contribution in [-0.4, -0.2) is 41.4 Å². The number of hydrogen-bond donors (Lipinski definition) is 2. The molecule has 0 saturated heterocycles. The molecule has 2 aromatic carbocycles. The smallest absolute Gasteiger partial charge is 0.216 e. The zero-order valence-corrected chi connectivity index (χ0v) is 15.6. The Hall–Kier alpha value is -2.37. The van der Waals surface area contributed by atoms with E-state index in [0.717, 1.165) is 11.0 Å². The van der Waals surface area contributed by atoms with Gasteiger partial charge in [0, 0.05) is 35.3 Å². The summed E-state index contributed by atoms with van der Waals surface area (Å²) in [5, 5.41) is 15.5. The average molecular weight is 354 g/mol. The number of rotatable bonds is 7. The van der Waals surface area contributed by atoms with Gasteiger partial charge in [0.15, 0.2) is 0 Å². The fourth-order valence-electron chi connectivity index (χ4n) is 3.31. The van der Waals surface area contributed by atoms with Gasteiger partial charge in [0.05, 0.1) is 25.9 Å². The lowest BCUT2D eigenvalue weighted by molar-refractivity contribution is -0.119. The molecule has 0 aliphatic heterocycles. The number of aliphatic hydroxyl groups excluding tert-OH is 1. The minimum Gasteiger partial charge on any atom is -0.389 e. The largest absolute Gasteiger partial charge is 0.389 e. The first-order valence-electron chi connectivity index (χ1n) is 8.95.